The molecule has 5 heteroatoms. The van der Waals surface area contributed by atoms with Gasteiger partial charge in [0.2, 0.25) is 5.95 Å². The van der Waals surface area contributed by atoms with Crippen LogP contribution in [0.1, 0.15) is 11.1 Å². The van der Waals surface area contributed by atoms with Crippen LogP contribution in [0.15, 0.2) is 36.4 Å². The molecule has 0 spiro atoms. The Kier molecular flexibility index (Phi) is 2.99. The Balaban J connectivity index is 2.38. The third kappa shape index (κ3) is 1.98. The second-order valence-electron chi connectivity index (χ2n) is 4.74. The molecule has 0 atom stereocenters. The van der Waals surface area contributed by atoms with E-state index >= 15 is 0 Å². The van der Waals surface area contributed by atoms with E-state index in [1.54, 1.807) is 11.7 Å². The largest absolute Gasteiger partial charge is 0.497 e. The first-order chi connectivity index (χ1) is 10.2. The first-order valence-corrected chi connectivity index (χ1v) is 6.47. The molecule has 0 fully saturated rings. The van der Waals surface area contributed by atoms with Crippen molar-refractivity contribution in [2.75, 3.05) is 12.8 Å². The van der Waals surface area contributed by atoms with E-state index in [1.165, 1.54) is 0 Å². The van der Waals surface area contributed by atoms with Crippen molar-refractivity contribution in [3.05, 3.63) is 47.5 Å². The van der Waals surface area contributed by atoms with Gasteiger partial charge in [0.1, 0.15) is 11.8 Å². The Morgan fingerprint density at radius 2 is 2.10 bits per heavy atom. The number of nitrogens with two attached hydrogens (primary N) is 1. The van der Waals surface area contributed by atoms with Crippen LogP contribution in [-0.2, 0) is 0 Å². The van der Waals surface area contributed by atoms with Gasteiger partial charge in [-0.15, -0.1) is 0 Å². The van der Waals surface area contributed by atoms with Crippen LogP contribution in [0.25, 0.3) is 16.7 Å². The second kappa shape index (κ2) is 4.84. The Morgan fingerprint density at radius 3 is 2.81 bits per heavy atom. The average Bonchev–Trinajstić information content (AvgIpc) is 2.81. The zero-order chi connectivity index (χ0) is 15.0. The normalized spacial score (nSPS) is 10.5. The number of ether oxygens (including phenoxy) is 1. The van der Waals surface area contributed by atoms with E-state index in [9.17, 15) is 5.26 Å². The molecule has 0 aliphatic rings. The first-order valence-electron chi connectivity index (χ1n) is 6.47. The van der Waals surface area contributed by atoms with E-state index < -0.39 is 0 Å². The van der Waals surface area contributed by atoms with Gasteiger partial charge in [-0.25, -0.2) is 4.98 Å². The van der Waals surface area contributed by atoms with Gasteiger partial charge in [0, 0.05) is 6.07 Å². The summed E-state index contributed by atoms with van der Waals surface area (Å²) in [5, 5.41) is 9.41. The standard InChI is InChI=1S/C16H14N4O/c1-10-4-3-5-14(12(10)9-17)20-15-8-11(21-2)6-7-13(15)19-16(20)18/h3-8H,1-2H3,(H2,18,19). The van der Waals surface area contributed by atoms with Crippen molar-refractivity contribution in [1.29, 1.82) is 5.26 Å². The summed E-state index contributed by atoms with van der Waals surface area (Å²) in [4.78, 5) is 4.35. The predicted octanol–water partition coefficient (Wildman–Crippen LogP) is 2.80. The molecule has 0 unspecified atom stereocenters. The quantitative estimate of drug-likeness (QED) is 0.782. The molecule has 0 saturated carbocycles. The molecular weight excluding hydrogens is 264 g/mol. The number of nitrogens with zero attached hydrogens (tertiary/aromatic N) is 3. The van der Waals surface area contributed by atoms with Gasteiger partial charge in [-0.1, -0.05) is 12.1 Å². The average molecular weight is 278 g/mol. The number of benzene rings is 2. The number of anilines is 1. The number of rotatable bonds is 2. The number of hydrogen-bond acceptors (Lipinski definition) is 4. The summed E-state index contributed by atoms with van der Waals surface area (Å²) in [7, 11) is 1.61. The fraction of sp³-hybridized carbons (Fsp3) is 0.125. The van der Waals surface area contributed by atoms with Crippen molar-refractivity contribution in [3.8, 4) is 17.5 Å². The summed E-state index contributed by atoms with van der Waals surface area (Å²) < 4.78 is 7.04. The molecule has 0 aliphatic heterocycles. The number of fused-ring (bicyclic) bond motifs is 1. The minimum atomic E-state index is 0.348. The predicted molar refractivity (Wildman–Crippen MR) is 81.5 cm³/mol. The van der Waals surface area contributed by atoms with Crippen LogP contribution in [0.3, 0.4) is 0 Å². The number of hydrogen-bond donors (Lipinski definition) is 1. The number of nitrogen functional groups attached to an aromatic ring is 1. The number of imidazole rings is 1. The molecule has 0 aliphatic carbocycles. The molecule has 104 valence electrons. The highest BCUT2D eigenvalue weighted by molar-refractivity contribution is 5.83. The zero-order valence-electron chi connectivity index (χ0n) is 11.8. The Bertz CT molecular complexity index is 874. The van der Waals surface area contributed by atoms with Crippen molar-refractivity contribution < 1.29 is 4.74 Å². The van der Waals surface area contributed by atoms with Gasteiger partial charge in [0.25, 0.3) is 0 Å². The van der Waals surface area contributed by atoms with Crippen molar-refractivity contribution >= 4 is 17.0 Å². The van der Waals surface area contributed by atoms with Gasteiger partial charge in [-0.2, -0.15) is 5.26 Å². The van der Waals surface area contributed by atoms with Crippen LogP contribution in [0.2, 0.25) is 0 Å². The molecule has 0 bridgehead atoms. The molecule has 1 heterocycles. The number of aromatic nitrogens is 2. The minimum Gasteiger partial charge on any atom is -0.497 e. The Morgan fingerprint density at radius 1 is 1.29 bits per heavy atom. The summed E-state index contributed by atoms with van der Waals surface area (Å²) in [6.07, 6.45) is 0. The Hall–Kier alpha value is -3.00. The molecule has 21 heavy (non-hydrogen) atoms. The zero-order valence-corrected chi connectivity index (χ0v) is 11.8. The summed E-state index contributed by atoms with van der Waals surface area (Å²) in [6.45, 7) is 1.90. The third-order valence-corrected chi connectivity index (χ3v) is 3.49. The fourth-order valence-corrected chi connectivity index (χ4v) is 2.44. The first kappa shape index (κ1) is 13.0. The van der Waals surface area contributed by atoms with E-state index in [0.29, 0.717) is 11.5 Å². The van der Waals surface area contributed by atoms with Crippen LogP contribution >= 0.6 is 0 Å². The van der Waals surface area contributed by atoms with Gasteiger partial charge >= 0.3 is 0 Å². The highest BCUT2D eigenvalue weighted by atomic mass is 16.5. The topological polar surface area (TPSA) is 76.9 Å². The SMILES string of the molecule is COc1ccc2nc(N)n(-c3cccc(C)c3C#N)c2c1. The molecule has 3 aromatic rings. The van der Waals surface area contributed by atoms with Crippen molar-refractivity contribution in [3.63, 3.8) is 0 Å². The summed E-state index contributed by atoms with van der Waals surface area (Å²) >= 11 is 0. The molecule has 0 radical (unpaired) electrons. The Labute approximate surface area is 122 Å². The van der Waals surface area contributed by atoms with Gasteiger partial charge in [-0.3, -0.25) is 4.57 Å². The summed E-state index contributed by atoms with van der Waals surface area (Å²) in [5.74, 6) is 1.06. The molecular formula is C16H14N4O. The lowest BCUT2D eigenvalue weighted by Gasteiger charge is -2.10. The van der Waals surface area contributed by atoms with Crippen LogP contribution in [-0.4, -0.2) is 16.7 Å². The highest BCUT2D eigenvalue weighted by Gasteiger charge is 2.15. The maximum absolute atomic E-state index is 9.41. The highest BCUT2D eigenvalue weighted by Crippen LogP contribution is 2.28. The van der Waals surface area contributed by atoms with Gasteiger partial charge in [0.15, 0.2) is 0 Å². The molecule has 5 nitrogen and oxygen atoms in total. The maximum atomic E-state index is 9.41. The molecule has 0 saturated heterocycles. The molecule has 0 amide bonds. The lowest BCUT2D eigenvalue weighted by atomic mass is 10.1. The molecule has 2 aromatic carbocycles. The van der Waals surface area contributed by atoms with E-state index in [1.807, 2.05) is 43.3 Å². The van der Waals surface area contributed by atoms with Gasteiger partial charge in [-0.05, 0) is 30.7 Å². The van der Waals surface area contributed by atoms with Crippen molar-refractivity contribution in [2.24, 2.45) is 0 Å². The fourth-order valence-electron chi connectivity index (χ4n) is 2.44. The smallest absolute Gasteiger partial charge is 0.205 e. The number of methoxy groups -OCH3 is 1. The molecule has 1 aromatic heterocycles. The lowest BCUT2D eigenvalue weighted by Crippen LogP contribution is -2.03. The third-order valence-electron chi connectivity index (χ3n) is 3.49. The van der Waals surface area contributed by atoms with Gasteiger partial charge < -0.3 is 10.5 Å². The van der Waals surface area contributed by atoms with Crippen molar-refractivity contribution in [2.45, 2.75) is 6.92 Å². The summed E-state index contributed by atoms with van der Waals surface area (Å²) in [5.41, 5.74) is 9.85. The van der Waals surface area contributed by atoms with E-state index in [2.05, 4.69) is 11.1 Å². The van der Waals surface area contributed by atoms with Crippen molar-refractivity contribution in [1.82, 2.24) is 9.55 Å². The minimum absolute atomic E-state index is 0.348. The van der Waals surface area contributed by atoms with E-state index in [-0.39, 0.29) is 0 Å². The maximum Gasteiger partial charge on any atom is 0.205 e. The second-order valence-corrected chi connectivity index (χ2v) is 4.74. The van der Waals surface area contributed by atoms with E-state index in [4.69, 9.17) is 10.5 Å². The number of aryl methyl sites for hydroxylation is 1. The van der Waals surface area contributed by atoms with Crippen LogP contribution < -0.4 is 10.5 Å². The van der Waals surface area contributed by atoms with Crippen LogP contribution in [0, 0.1) is 18.3 Å². The van der Waals surface area contributed by atoms with E-state index in [0.717, 1.165) is 28.0 Å². The number of nitriles is 1. The summed E-state index contributed by atoms with van der Waals surface area (Å²) in [6, 6.07) is 13.4. The van der Waals surface area contributed by atoms with Crippen LogP contribution in [0.4, 0.5) is 5.95 Å². The van der Waals surface area contributed by atoms with Gasteiger partial charge in [0.05, 0.1) is 29.4 Å². The van der Waals surface area contributed by atoms with Crippen LogP contribution in [0.5, 0.6) is 5.75 Å². The lowest BCUT2D eigenvalue weighted by molar-refractivity contribution is 0.415. The molecule has 2 N–H and O–H groups in total. The molecule has 3 rings (SSSR count). The monoisotopic (exact) mass is 278 g/mol.